The van der Waals surface area contributed by atoms with Crippen molar-refractivity contribution in [3.05, 3.63) is 0 Å². The molecule has 1 aliphatic heterocycles. The second-order valence-corrected chi connectivity index (χ2v) is 7.28. The second-order valence-electron chi connectivity index (χ2n) is 2.35. The molecule has 0 aromatic carbocycles. The summed E-state index contributed by atoms with van der Waals surface area (Å²) in [6.07, 6.45) is 5.88. The average Bonchev–Trinajstić information content (AvgIpc) is 2.07. The Bertz CT molecular complexity index is 89.8. The molecule has 0 radical (unpaired) electrons. The highest BCUT2D eigenvalue weighted by Crippen LogP contribution is 2.70. The SMILES string of the molecule is C1CCC2(C1)SSS2. The van der Waals surface area contributed by atoms with Crippen LogP contribution in [0.2, 0.25) is 0 Å². The van der Waals surface area contributed by atoms with Crippen molar-refractivity contribution in [3.8, 4) is 0 Å². The lowest BCUT2D eigenvalue weighted by Crippen LogP contribution is -2.16. The minimum atomic E-state index is 0.713. The highest BCUT2D eigenvalue weighted by atomic mass is 33.5. The van der Waals surface area contributed by atoms with Crippen molar-refractivity contribution in [2.75, 3.05) is 0 Å². The normalized spacial score (nSPS) is 33.0. The molecule has 1 spiro atoms. The van der Waals surface area contributed by atoms with Crippen molar-refractivity contribution >= 4 is 31.4 Å². The van der Waals surface area contributed by atoms with Crippen LogP contribution in [0.3, 0.4) is 0 Å². The van der Waals surface area contributed by atoms with E-state index in [1.807, 2.05) is 9.83 Å². The quantitative estimate of drug-likeness (QED) is 0.504. The smallest absolute Gasteiger partial charge is 0.0637 e. The molecule has 0 amide bonds. The van der Waals surface area contributed by atoms with Gasteiger partial charge in [-0.25, -0.2) is 0 Å². The highest BCUT2D eigenvalue weighted by Gasteiger charge is 2.42. The predicted octanol–water partition coefficient (Wildman–Crippen LogP) is 3.30. The van der Waals surface area contributed by atoms with Crippen molar-refractivity contribution in [2.24, 2.45) is 0 Å². The van der Waals surface area contributed by atoms with E-state index in [1.54, 1.807) is 0 Å². The maximum absolute atomic E-state index is 2.09. The Labute approximate surface area is 61.4 Å². The van der Waals surface area contributed by atoms with Gasteiger partial charge in [-0.2, -0.15) is 0 Å². The van der Waals surface area contributed by atoms with Crippen molar-refractivity contribution < 1.29 is 0 Å². The molecule has 0 atom stereocenters. The van der Waals surface area contributed by atoms with Gasteiger partial charge in [0.1, 0.15) is 0 Å². The predicted molar refractivity (Wildman–Crippen MR) is 44.0 cm³/mol. The van der Waals surface area contributed by atoms with E-state index in [9.17, 15) is 0 Å². The first kappa shape index (κ1) is 5.81. The van der Waals surface area contributed by atoms with E-state index in [0.29, 0.717) is 4.08 Å². The van der Waals surface area contributed by atoms with Crippen molar-refractivity contribution in [2.45, 2.75) is 29.8 Å². The zero-order valence-electron chi connectivity index (χ0n) is 4.55. The molecule has 0 aromatic heterocycles. The van der Waals surface area contributed by atoms with E-state index in [-0.39, 0.29) is 0 Å². The molecule has 2 rings (SSSR count). The summed E-state index contributed by atoms with van der Waals surface area (Å²) in [7, 11) is 6.16. The molecule has 8 heavy (non-hydrogen) atoms. The first-order chi connectivity index (χ1) is 3.91. The Kier molecular flexibility index (Phi) is 1.47. The van der Waals surface area contributed by atoms with Gasteiger partial charge in [0.15, 0.2) is 0 Å². The van der Waals surface area contributed by atoms with Gasteiger partial charge in [0.25, 0.3) is 0 Å². The van der Waals surface area contributed by atoms with Gasteiger partial charge in [0, 0.05) is 0 Å². The van der Waals surface area contributed by atoms with Gasteiger partial charge in [0.2, 0.25) is 0 Å². The summed E-state index contributed by atoms with van der Waals surface area (Å²) in [5.41, 5.74) is 0. The van der Waals surface area contributed by atoms with Gasteiger partial charge in [-0.15, -0.1) is 0 Å². The van der Waals surface area contributed by atoms with Crippen molar-refractivity contribution in [1.82, 2.24) is 0 Å². The van der Waals surface area contributed by atoms with Crippen molar-refractivity contribution in [1.29, 1.82) is 0 Å². The summed E-state index contributed by atoms with van der Waals surface area (Å²) >= 11 is 0. The average molecular weight is 164 g/mol. The summed E-state index contributed by atoms with van der Waals surface area (Å²) in [5.74, 6) is 0. The molecule has 1 saturated heterocycles. The molecule has 0 nitrogen and oxygen atoms in total. The van der Waals surface area contributed by atoms with Crippen LogP contribution in [-0.2, 0) is 0 Å². The van der Waals surface area contributed by atoms with Crippen LogP contribution in [-0.4, -0.2) is 4.08 Å². The number of rotatable bonds is 0. The summed E-state index contributed by atoms with van der Waals surface area (Å²) in [6.45, 7) is 0. The Balaban J connectivity index is 2.01. The molecule has 3 heteroatoms. The van der Waals surface area contributed by atoms with Crippen LogP contribution in [0.25, 0.3) is 0 Å². The Morgan fingerprint density at radius 2 is 1.62 bits per heavy atom. The van der Waals surface area contributed by atoms with Crippen LogP contribution < -0.4 is 0 Å². The van der Waals surface area contributed by atoms with Gasteiger partial charge >= 0.3 is 0 Å². The van der Waals surface area contributed by atoms with Gasteiger partial charge < -0.3 is 0 Å². The number of hydrogen-bond acceptors (Lipinski definition) is 3. The van der Waals surface area contributed by atoms with Gasteiger partial charge in [-0.3, -0.25) is 0 Å². The highest BCUT2D eigenvalue weighted by molar-refractivity contribution is 9.18. The first-order valence-electron chi connectivity index (χ1n) is 2.95. The number of hydrogen-bond donors (Lipinski definition) is 0. The van der Waals surface area contributed by atoms with Gasteiger partial charge in [-0.05, 0) is 22.7 Å². The Morgan fingerprint density at radius 3 is 1.88 bits per heavy atom. The first-order valence-corrected chi connectivity index (χ1v) is 6.43. The molecule has 0 bridgehead atoms. The minimum absolute atomic E-state index is 0.713. The van der Waals surface area contributed by atoms with Gasteiger partial charge in [-0.1, -0.05) is 34.4 Å². The fraction of sp³-hybridized carbons (Fsp3) is 1.00. The molecule has 2 fully saturated rings. The fourth-order valence-corrected chi connectivity index (χ4v) is 6.51. The summed E-state index contributed by atoms with van der Waals surface area (Å²) in [6, 6.07) is 0. The standard InChI is InChI=1S/C5H8S3/c1-2-4-5(3-1)6-8-7-5/h1-4H2. The zero-order chi connectivity index (χ0) is 5.45. The van der Waals surface area contributed by atoms with Crippen LogP contribution in [0.15, 0.2) is 0 Å². The third-order valence-corrected chi connectivity index (χ3v) is 7.98. The van der Waals surface area contributed by atoms with E-state index in [0.717, 1.165) is 0 Å². The van der Waals surface area contributed by atoms with Crippen molar-refractivity contribution in [3.63, 3.8) is 0 Å². The van der Waals surface area contributed by atoms with E-state index in [4.69, 9.17) is 0 Å². The van der Waals surface area contributed by atoms with Crippen LogP contribution in [0, 0.1) is 0 Å². The van der Waals surface area contributed by atoms with E-state index < -0.39 is 0 Å². The Morgan fingerprint density at radius 1 is 1.00 bits per heavy atom. The largest absolute Gasteiger partial charge is 0.0833 e. The maximum Gasteiger partial charge on any atom is 0.0833 e. The van der Waals surface area contributed by atoms with E-state index >= 15 is 0 Å². The Hall–Kier alpha value is 1.05. The topological polar surface area (TPSA) is 0 Å². The monoisotopic (exact) mass is 164 g/mol. The van der Waals surface area contributed by atoms with Crippen LogP contribution in [0.5, 0.6) is 0 Å². The molecule has 1 aliphatic carbocycles. The second kappa shape index (κ2) is 2.03. The third-order valence-electron chi connectivity index (χ3n) is 1.74. The van der Waals surface area contributed by atoms with E-state index in [2.05, 4.69) is 21.6 Å². The maximum atomic E-state index is 2.09. The summed E-state index contributed by atoms with van der Waals surface area (Å²) < 4.78 is 0.713. The molecular formula is C5H8S3. The third kappa shape index (κ3) is 0.792. The molecule has 1 saturated carbocycles. The fourth-order valence-electron chi connectivity index (χ4n) is 1.21. The molecule has 1 heterocycles. The van der Waals surface area contributed by atoms with Crippen LogP contribution >= 0.6 is 31.4 Å². The summed E-state index contributed by atoms with van der Waals surface area (Å²) in [4.78, 5) is 0. The molecule has 0 aromatic rings. The molecule has 46 valence electrons. The van der Waals surface area contributed by atoms with Crippen LogP contribution in [0.4, 0.5) is 0 Å². The lowest BCUT2D eigenvalue weighted by Gasteiger charge is -2.33. The molecule has 2 aliphatic rings. The van der Waals surface area contributed by atoms with Crippen LogP contribution in [0.1, 0.15) is 25.7 Å². The molecular weight excluding hydrogens is 156 g/mol. The molecule has 0 N–H and O–H groups in total. The molecule has 0 unspecified atom stereocenters. The van der Waals surface area contributed by atoms with E-state index in [1.165, 1.54) is 25.7 Å². The lowest BCUT2D eigenvalue weighted by atomic mass is 10.4. The zero-order valence-corrected chi connectivity index (χ0v) is 7.00. The van der Waals surface area contributed by atoms with Gasteiger partial charge in [0.05, 0.1) is 4.08 Å². The summed E-state index contributed by atoms with van der Waals surface area (Å²) in [5, 5.41) is 0. The minimum Gasteiger partial charge on any atom is -0.0637 e. The lowest BCUT2D eigenvalue weighted by molar-refractivity contribution is 0.852.